The van der Waals surface area contributed by atoms with Crippen molar-refractivity contribution in [3.05, 3.63) is 47.9 Å². The van der Waals surface area contributed by atoms with Gasteiger partial charge in [0.05, 0.1) is 6.10 Å². The molecule has 0 aliphatic rings. The van der Waals surface area contributed by atoms with Gasteiger partial charge in [-0.3, -0.25) is 4.79 Å². The monoisotopic (exact) mass is 272 g/mol. The number of carbonyl (C=O) groups is 1. The molecule has 1 aromatic heterocycles. The number of rotatable bonds is 5. The molecule has 0 radical (unpaired) electrons. The number of benzene rings is 1. The van der Waals surface area contributed by atoms with Gasteiger partial charge in [0.25, 0.3) is 5.91 Å². The van der Waals surface area contributed by atoms with Crippen molar-refractivity contribution in [3.8, 4) is 0 Å². The van der Waals surface area contributed by atoms with Crippen LogP contribution >= 0.6 is 0 Å². The predicted octanol–water partition coefficient (Wildman–Crippen LogP) is 2.03. The van der Waals surface area contributed by atoms with Gasteiger partial charge in [0.1, 0.15) is 17.8 Å². The van der Waals surface area contributed by atoms with Crippen LogP contribution in [0.3, 0.4) is 0 Å². The summed E-state index contributed by atoms with van der Waals surface area (Å²) >= 11 is 0. The molecule has 0 fully saturated rings. The minimum absolute atomic E-state index is 0.0459. The van der Waals surface area contributed by atoms with Crippen LogP contribution in [0.1, 0.15) is 29.1 Å². The molecule has 0 aliphatic heterocycles. The van der Waals surface area contributed by atoms with Crippen molar-refractivity contribution < 1.29 is 9.53 Å². The molecule has 6 nitrogen and oxygen atoms in total. The molecule has 0 aliphatic carbocycles. The highest BCUT2D eigenvalue weighted by molar-refractivity contribution is 5.91. The molecule has 1 aromatic carbocycles. The van der Waals surface area contributed by atoms with E-state index in [4.69, 9.17) is 10.5 Å². The highest BCUT2D eigenvalue weighted by atomic mass is 16.5. The number of anilines is 2. The summed E-state index contributed by atoms with van der Waals surface area (Å²) in [5, 5.41) is 3.08. The van der Waals surface area contributed by atoms with Gasteiger partial charge in [-0.15, -0.1) is 0 Å². The van der Waals surface area contributed by atoms with Crippen molar-refractivity contribution in [2.45, 2.75) is 13.0 Å². The average Bonchev–Trinajstić information content (AvgIpc) is 2.47. The van der Waals surface area contributed by atoms with Crippen LogP contribution in [0, 0.1) is 0 Å². The van der Waals surface area contributed by atoms with E-state index in [9.17, 15) is 4.79 Å². The van der Waals surface area contributed by atoms with E-state index in [1.165, 1.54) is 12.4 Å². The first-order valence-electron chi connectivity index (χ1n) is 6.12. The fourth-order valence-electron chi connectivity index (χ4n) is 1.68. The van der Waals surface area contributed by atoms with E-state index in [0.717, 1.165) is 11.3 Å². The number of carbonyl (C=O) groups excluding carboxylic acids is 1. The zero-order valence-corrected chi connectivity index (χ0v) is 11.3. The summed E-state index contributed by atoms with van der Waals surface area (Å²) in [5.41, 5.74) is 7.28. The Bertz CT molecular complexity index is 598. The number of ether oxygens (including phenoxy) is 1. The minimum atomic E-state index is -0.584. The second-order valence-corrected chi connectivity index (χ2v) is 4.28. The van der Waals surface area contributed by atoms with Crippen molar-refractivity contribution in [2.75, 3.05) is 12.4 Å². The number of nitrogens with one attached hydrogen (secondary N) is 1. The SMILES string of the molecule is COC(C)c1ccc(Nc2cc(C(N)=O)ncn2)cc1. The van der Waals surface area contributed by atoms with E-state index in [1.54, 1.807) is 7.11 Å². The maximum absolute atomic E-state index is 11.0. The third-order valence-electron chi connectivity index (χ3n) is 2.93. The van der Waals surface area contributed by atoms with Crippen LogP contribution < -0.4 is 11.1 Å². The summed E-state index contributed by atoms with van der Waals surface area (Å²) in [4.78, 5) is 18.9. The second kappa shape index (κ2) is 6.12. The predicted molar refractivity (Wildman–Crippen MR) is 75.7 cm³/mol. The topological polar surface area (TPSA) is 90.1 Å². The van der Waals surface area contributed by atoms with Crippen LogP contribution in [0.25, 0.3) is 0 Å². The Morgan fingerprint density at radius 1 is 1.30 bits per heavy atom. The number of hydrogen-bond donors (Lipinski definition) is 2. The summed E-state index contributed by atoms with van der Waals surface area (Å²) in [6.07, 6.45) is 1.34. The number of aromatic nitrogens is 2. The van der Waals surface area contributed by atoms with Gasteiger partial charge in [-0.05, 0) is 24.6 Å². The average molecular weight is 272 g/mol. The Labute approximate surface area is 117 Å². The molecule has 1 unspecified atom stereocenters. The van der Waals surface area contributed by atoms with E-state index in [0.29, 0.717) is 5.82 Å². The Balaban J connectivity index is 2.14. The van der Waals surface area contributed by atoms with Gasteiger partial charge in [0.15, 0.2) is 0 Å². The molecule has 6 heteroatoms. The minimum Gasteiger partial charge on any atom is -0.377 e. The van der Waals surface area contributed by atoms with E-state index >= 15 is 0 Å². The van der Waals surface area contributed by atoms with Crippen LogP contribution in [0.4, 0.5) is 11.5 Å². The second-order valence-electron chi connectivity index (χ2n) is 4.28. The summed E-state index contributed by atoms with van der Waals surface area (Å²) < 4.78 is 5.24. The number of hydrogen-bond acceptors (Lipinski definition) is 5. The van der Waals surface area contributed by atoms with E-state index < -0.39 is 5.91 Å². The molecule has 1 amide bonds. The van der Waals surface area contributed by atoms with Crippen LogP contribution in [-0.2, 0) is 4.74 Å². The number of nitrogens with two attached hydrogens (primary N) is 1. The van der Waals surface area contributed by atoms with Gasteiger partial charge >= 0.3 is 0 Å². The Morgan fingerprint density at radius 3 is 2.60 bits per heavy atom. The Kier molecular flexibility index (Phi) is 4.27. The molecule has 1 atom stereocenters. The zero-order chi connectivity index (χ0) is 14.5. The van der Waals surface area contributed by atoms with Crippen LogP contribution in [0.5, 0.6) is 0 Å². The molecule has 20 heavy (non-hydrogen) atoms. The molecule has 3 N–H and O–H groups in total. The molecule has 2 rings (SSSR count). The molecule has 0 bridgehead atoms. The Morgan fingerprint density at radius 2 is 2.00 bits per heavy atom. The third kappa shape index (κ3) is 3.30. The molecule has 104 valence electrons. The van der Waals surface area contributed by atoms with Crippen LogP contribution in [0.2, 0.25) is 0 Å². The van der Waals surface area contributed by atoms with Crippen molar-refractivity contribution in [1.29, 1.82) is 0 Å². The highest BCUT2D eigenvalue weighted by Crippen LogP contribution is 2.20. The number of nitrogens with zero attached hydrogens (tertiary/aromatic N) is 2. The lowest BCUT2D eigenvalue weighted by Gasteiger charge is -2.11. The van der Waals surface area contributed by atoms with Gasteiger partial charge in [0.2, 0.25) is 0 Å². The number of amides is 1. The normalized spacial score (nSPS) is 11.9. The van der Waals surface area contributed by atoms with E-state index in [1.807, 2.05) is 31.2 Å². The highest BCUT2D eigenvalue weighted by Gasteiger charge is 2.06. The van der Waals surface area contributed by atoms with Crippen molar-refractivity contribution >= 4 is 17.4 Å². The van der Waals surface area contributed by atoms with E-state index in [2.05, 4.69) is 15.3 Å². The number of primary amides is 1. The van der Waals surface area contributed by atoms with E-state index in [-0.39, 0.29) is 11.8 Å². The maximum Gasteiger partial charge on any atom is 0.267 e. The van der Waals surface area contributed by atoms with Crippen molar-refractivity contribution in [3.63, 3.8) is 0 Å². The maximum atomic E-state index is 11.0. The summed E-state index contributed by atoms with van der Waals surface area (Å²) in [6.45, 7) is 1.98. The lowest BCUT2D eigenvalue weighted by atomic mass is 10.1. The zero-order valence-electron chi connectivity index (χ0n) is 11.3. The fraction of sp³-hybridized carbons (Fsp3) is 0.214. The molecular formula is C14H16N4O2. The first-order chi connectivity index (χ1) is 9.60. The first-order valence-corrected chi connectivity index (χ1v) is 6.12. The summed E-state index contributed by atoms with van der Waals surface area (Å²) in [6, 6.07) is 9.27. The molecule has 0 saturated heterocycles. The fourth-order valence-corrected chi connectivity index (χ4v) is 1.68. The standard InChI is InChI=1S/C14H16N4O2/c1-9(20-2)10-3-5-11(6-4-10)18-13-7-12(14(15)19)16-8-17-13/h3-9H,1-2H3,(H2,15,19)(H,16,17,18). The smallest absolute Gasteiger partial charge is 0.267 e. The molecular weight excluding hydrogens is 256 g/mol. The molecule has 2 aromatic rings. The van der Waals surface area contributed by atoms with Crippen molar-refractivity contribution in [1.82, 2.24) is 9.97 Å². The van der Waals surface area contributed by atoms with Crippen molar-refractivity contribution in [2.24, 2.45) is 5.73 Å². The van der Waals surface area contributed by atoms with Gasteiger partial charge in [-0.2, -0.15) is 0 Å². The van der Waals surface area contributed by atoms with Gasteiger partial charge in [0, 0.05) is 18.9 Å². The van der Waals surface area contributed by atoms with Gasteiger partial charge < -0.3 is 15.8 Å². The summed E-state index contributed by atoms with van der Waals surface area (Å²) in [7, 11) is 1.67. The third-order valence-corrected chi connectivity index (χ3v) is 2.93. The molecule has 0 saturated carbocycles. The lowest BCUT2D eigenvalue weighted by Crippen LogP contribution is -2.13. The quantitative estimate of drug-likeness (QED) is 0.869. The largest absolute Gasteiger partial charge is 0.377 e. The summed E-state index contributed by atoms with van der Waals surface area (Å²) in [5.74, 6) is -0.0685. The Hall–Kier alpha value is -2.47. The van der Waals surface area contributed by atoms with Crippen LogP contribution in [-0.4, -0.2) is 23.0 Å². The first kappa shape index (κ1) is 14.0. The molecule has 0 spiro atoms. The number of methoxy groups -OCH3 is 1. The lowest BCUT2D eigenvalue weighted by molar-refractivity contribution is 0.0995. The van der Waals surface area contributed by atoms with Crippen LogP contribution in [0.15, 0.2) is 36.7 Å². The molecule has 1 heterocycles. The van der Waals surface area contributed by atoms with Gasteiger partial charge in [-0.25, -0.2) is 9.97 Å². The van der Waals surface area contributed by atoms with Gasteiger partial charge in [-0.1, -0.05) is 12.1 Å².